The second-order valence-electron chi connectivity index (χ2n) is 3.77. The molecule has 0 amide bonds. The summed E-state index contributed by atoms with van der Waals surface area (Å²) in [4.78, 5) is 0. The summed E-state index contributed by atoms with van der Waals surface area (Å²) in [5.74, 6) is 0.835. The molecule has 0 aliphatic carbocycles. The Hall–Kier alpha value is 0.360. The van der Waals surface area contributed by atoms with Crippen LogP contribution in [0.4, 0.5) is 4.39 Å². The van der Waals surface area contributed by atoms with Crippen molar-refractivity contribution in [3.8, 4) is 0 Å². The van der Waals surface area contributed by atoms with Crippen LogP contribution >= 0.6 is 8.58 Å². The molecule has 1 fully saturated rings. The summed E-state index contributed by atoms with van der Waals surface area (Å²) >= 11 is 0. The van der Waals surface area contributed by atoms with Gasteiger partial charge in [0.15, 0.2) is 0 Å². The van der Waals surface area contributed by atoms with Crippen molar-refractivity contribution in [2.45, 2.75) is 44.9 Å². The van der Waals surface area contributed by atoms with Crippen LogP contribution in [0.1, 0.15) is 39.5 Å². The van der Waals surface area contributed by atoms with Crippen LogP contribution in [0.3, 0.4) is 0 Å². The standard InChI is InChI=1S/C9H18FP/c1-3-4-8-5-6-9(2,10)11-7-8/h8,11H,3-7H2,1-2H3. The lowest BCUT2D eigenvalue weighted by molar-refractivity contribution is 0.252. The Labute approximate surface area is 70.7 Å². The van der Waals surface area contributed by atoms with Crippen LogP contribution in [0.25, 0.3) is 0 Å². The van der Waals surface area contributed by atoms with Crippen LogP contribution < -0.4 is 0 Å². The third-order valence-electron chi connectivity index (χ3n) is 2.48. The lowest BCUT2D eigenvalue weighted by Gasteiger charge is -2.30. The molecule has 0 aromatic carbocycles. The minimum atomic E-state index is -0.815. The molecule has 0 radical (unpaired) electrons. The van der Waals surface area contributed by atoms with Gasteiger partial charge in [0.25, 0.3) is 0 Å². The first-order valence-electron chi connectivity index (χ1n) is 4.58. The van der Waals surface area contributed by atoms with Gasteiger partial charge in [-0.1, -0.05) is 28.3 Å². The van der Waals surface area contributed by atoms with Gasteiger partial charge in [-0.05, 0) is 31.8 Å². The second-order valence-corrected chi connectivity index (χ2v) is 5.58. The molecule has 1 aliphatic rings. The Kier molecular flexibility index (Phi) is 3.30. The Morgan fingerprint density at radius 3 is 2.82 bits per heavy atom. The van der Waals surface area contributed by atoms with Gasteiger partial charge >= 0.3 is 0 Å². The molecule has 1 aliphatic heterocycles. The van der Waals surface area contributed by atoms with Crippen molar-refractivity contribution in [2.75, 3.05) is 6.16 Å². The van der Waals surface area contributed by atoms with E-state index in [1.54, 1.807) is 6.92 Å². The zero-order valence-electron chi connectivity index (χ0n) is 7.49. The molecule has 66 valence electrons. The van der Waals surface area contributed by atoms with Crippen LogP contribution in [0.2, 0.25) is 0 Å². The molecule has 11 heavy (non-hydrogen) atoms. The molecule has 0 saturated carbocycles. The zero-order chi connectivity index (χ0) is 8.32. The maximum Gasteiger partial charge on any atom is 0.123 e. The van der Waals surface area contributed by atoms with E-state index in [4.69, 9.17) is 0 Å². The molecule has 0 bridgehead atoms. The van der Waals surface area contributed by atoms with Gasteiger partial charge < -0.3 is 0 Å². The summed E-state index contributed by atoms with van der Waals surface area (Å²) < 4.78 is 13.3. The molecule has 1 saturated heterocycles. The average Bonchev–Trinajstić information content (AvgIpc) is 1.94. The number of hydrogen-bond acceptors (Lipinski definition) is 0. The van der Waals surface area contributed by atoms with Crippen molar-refractivity contribution >= 4 is 8.58 Å². The summed E-state index contributed by atoms with van der Waals surface area (Å²) in [6.07, 6.45) is 5.63. The van der Waals surface area contributed by atoms with E-state index in [1.165, 1.54) is 12.8 Å². The first-order chi connectivity index (χ1) is 5.14. The van der Waals surface area contributed by atoms with Crippen molar-refractivity contribution in [1.82, 2.24) is 0 Å². The molecule has 2 heteroatoms. The summed E-state index contributed by atoms with van der Waals surface area (Å²) in [5.41, 5.74) is 0. The predicted molar refractivity (Wildman–Crippen MR) is 50.3 cm³/mol. The van der Waals surface area contributed by atoms with E-state index in [2.05, 4.69) is 6.92 Å². The smallest absolute Gasteiger partial charge is 0.123 e. The van der Waals surface area contributed by atoms with E-state index >= 15 is 0 Å². The Morgan fingerprint density at radius 2 is 2.36 bits per heavy atom. The van der Waals surface area contributed by atoms with Crippen LogP contribution in [0, 0.1) is 5.92 Å². The Morgan fingerprint density at radius 1 is 1.64 bits per heavy atom. The monoisotopic (exact) mass is 176 g/mol. The molecular formula is C9H18FP. The first kappa shape index (κ1) is 9.45. The summed E-state index contributed by atoms with van der Waals surface area (Å²) in [6, 6.07) is 0. The van der Waals surface area contributed by atoms with E-state index in [9.17, 15) is 4.39 Å². The molecule has 0 nitrogen and oxygen atoms in total. The van der Waals surface area contributed by atoms with Crippen LogP contribution in [-0.2, 0) is 0 Å². The lowest BCUT2D eigenvalue weighted by atomic mass is 9.98. The van der Waals surface area contributed by atoms with Crippen molar-refractivity contribution in [3.05, 3.63) is 0 Å². The van der Waals surface area contributed by atoms with Gasteiger partial charge in [0.05, 0.1) is 0 Å². The normalized spacial score (nSPS) is 41.2. The van der Waals surface area contributed by atoms with Crippen LogP contribution in [0.5, 0.6) is 0 Å². The molecule has 3 atom stereocenters. The molecule has 0 N–H and O–H groups in total. The first-order valence-corrected chi connectivity index (χ1v) is 5.79. The Balaban J connectivity index is 2.25. The van der Waals surface area contributed by atoms with Gasteiger partial charge in [-0.2, -0.15) is 0 Å². The maximum absolute atomic E-state index is 13.3. The van der Waals surface area contributed by atoms with Crippen molar-refractivity contribution in [1.29, 1.82) is 0 Å². The number of rotatable bonds is 2. The van der Waals surface area contributed by atoms with Gasteiger partial charge in [0.2, 0.25) is 0 Å². The van der Waals surface area contributed by atoms with E-state index < -0.39 is 5.41 Å². The molecular weight excluding hydrogens is 158 g/mol. The summed E-state index contributed by atoms with van der Waals surface area (Å²) in [6.45, 7) is 3.97. The highest BCUT2D eigenvalue weighted by Gasteiger charge is 2.29. The second kappa shape index (κ2) is 3.85. The van der Waals surface area contributed by atoms with E-state index in [-0.39, 0.29) is 0 Å². The minimum Gasteiger partial charge on any atom is -0.240 e. The fraction of sp³-hybridized carbons (Fsp3) is 1.00. The largest absolute Gasteiger partial charge is 0.240 e. The summed E-state index contributed by atoms with van der Waals surface area (Å²) in [7, 11) is 0.552. The lowest BCUT2D eigenvalue weighted by Crippen LogP contribution is -2.21. The zero-order valence-corrected chi connectivity index (χ0v) is 8.49. The fourth-order valence-corrected chi connectivity index (χ4v) is 3.12. The molecule has 1 rings (SSSR count). The van der Waals surface area contributed by atoms with E-state index in [0.717, 1.165) is 24.9 Å². The SMILES string of the molecule is CCCC1CCC(C)(F)PC1. The van der Waals surface area contributed by atoms with Gasteiger partial charge in [0, 0.05) is 0 Å². The topological polar surface area (TPSA) is 0 Å². The molecule has 3 unspecified atom stereocenters. The molecule has 1 heterocycles. The van der Waals surface area contributed by atoms with Crippen LogP contribution in [0.15, 0.2) is 0 Å². The fourth-order valence-electron chi connectivity index (χ4n) is 1.68. The molecule has 0 spiro atoms. The number of alkyl halides is 1. The third-order valence-corrected chi connectivity index (χ3v) is 4.25. The highest BCUT2D eigenvalue weighted by Crippen LogP contribution is 2.45. The number of hydrogen-bond donors (Lipinski definition) is 0. The summed E-state index contributed by atoms with van der Waals surface area (Å²) in [5, 5.41) is -0.815. The predicted octanol–water partition coefficient (Wildman–Crippen LogP) is 3.56. The van der Waals surface area contributed by atoms with E-state index in [1.807, 2.05) is 0 Å². The Bertz CT molecular complexity index is 113. The van der Waals surface area contributed by atoms with Crippen molar-refractivity contribution in [2.24, 2.45) is 5.92 Å². The van der Waals surface area contributed by atoms with Crippen molar-refractivity contribution < 1.29 is 4.39 Å². The molecule has 0 aromatic rings. The van der Waals surface area contributed by atoms with Gasteiger partial charge in [0.1, 0.15) is 5.41 Å². The highest BCUT2D eigenvalue weighted by molar-refractivity contribution is 7.39. The van der Waals surface area contributed by atoms with Gasteiger partial charge in [-0.15, -0.1) is 0 Å². The number of halogens is 1. The average molecular weight is 176 g/mol. The maximum atomic E-state index is 13.3. The highest BCUT2D eigenvalue weighted by atomic mass is 31.1. The minimum absolute atomic E-state index is 0.552. The quantitative estimate of drug-likeness (QED) is 0.564. The molecule has 0 aromatic heterocycles. The van der Waals surface area contributed by atoms with Gasteiger partial charge in [-0.3, -0.25) is 0 Å². The van der Waals surface area contributed by atoms with Crippen molar-refractivity contribution in [3.63, 3.8) is 0 Å². The third kappa shape index (κ3) is 3.07. The van der Waals surface area contributed by atoms with E-state index in [0.29, 0.717) is 8.58 Å². The van der Waals surface area contributed by atoms with Gasteiger partial charge in [-0.25, -0.2) is 4.39 Å². The van der Waals surface area contributed by atoms with Crippen LogP contribution in [-0.4, -0.2) is 11.6 Å².